The van der Waals surface area contributed by atoms with Gasteiger partial charge < -0.3 is 14.8 Å². The van der Waals surface area contributed by atoms with Crippen molar-refractivity contribution in [1.29, 1.82) is 0 Å². The first kappa shape index (κ1) is 14.2. The molecule has 0 radical (unpaired) electrons. The van der Waals surface area contributed by atoms with Crippen LogP contribution in [0.2, 0.25) is 0 Å². The molecule has 0 aromatic heterocycles. The lowest BCUT2D eigenvalue weighted by atomic mass is 10.1. The highest BCUT2D eigenvalue weighted by Crippen LogP contribution is 2.30. The molecule has 1 heterocycles. The molecule has 108 valence electrons. The van der Waals surface area contributed by atoms with Gasteiger partial charge >= 0.3 is 0 Å². The van der Waals surface area contributed by atoms with Gasteiger partial charge in [-0.25, -0.2) is 0 Å². The predicted molar refractivity (Wildman–Crippen MR) is 88.9 cm³/mol. The summed E-state index contributed by atoms with van der Waals surface area (Å²) in [6.45, 7) is 1.12. The van der Waals surface area contributed by atoms with Crippen molar-refractivity contribution in [3.8, 4) is 11.5 Å². The van der Waals surface area contributed by atoms with Gasteiger partial charge in [-0.05, 0) is 64.6 Å². The summed E-state index contributed by atoms with van der Waals surface area (Å²) in [6, 6.07) is 13.3. The number of nitrogens with one attached hydrogen (secondary N) is 1. The van der Waals surface area contributed by atoms with Crippen LogP contribution >= 0.6 is 22.6 Å². The summed E-state index contributed by atoms with van der Waals surface area (Å²) < 4.78 is 12.1. The average Bonchev–Trinajstić information content (AvgIpc) is 2.49. The van der Waals surface area contributed by atoms with Crippen LogP contribution in [0.15, 0.2) is 42.5 Å². The highest BCUT2D eigenvalue weighted by atomic mass is 127. The summed E-state index contributed by atoms with van der Waals surface area (Å²) in [5, 5.41) is 2.88. The molecular weight excluding hydrogens is 381 g/mol. The Balaban J connectivity index is 1.65. The molecular formula is C16H14INO3. The number of hydrogen-bond acceptors (Lipinski definition) is 3. The first-order valence-corrected chi connectivity index (χ1v) is 7.72. The molecule has 0 saturated carbocycles. The van der Waals surface area contributed by atoms with E-state index in [0.29, 0.717) is 25.4 Å². The molecule has 4 nitrogen and oxygen atoms in total. The summed E-state index contributed by atoms with van der Waals surface area (Å²) in [5.41, 5.74) is 1.71. The van der Waals surface area contributed by atoms with Gasteiger partial charge in [0.25, 0.3) is 0 Å². The van der Waals surface area contributed by atoms with E-state index in [1.54, 1.807) is 0 Å². The second kappa shape index (κ2) is 6.34. The van der Waals surface area contributed by atoms with Crippen LogP contribution < -0.4 is 14.8 Å². The van der Waals surface area contributed by atoms with Gasteiger partial charge in [0.1, 0.15) is 13.2 Å². The van der Waals surface area contributed by atoms with Crippen LogP contribution in [0.25, 0.3) is 0 Å². The zero-order valence-corrected chi connectivity index (χ0v) is 13.4. The molecule has 0 atom stereocenters. The Bertz CT molecular complexity index is 655. The second-order valence-electron chi connectivity index (χ2n) is 4.71. The van der Waals surface area contributed by atoms with E-state index in [1.807, 2.05) is 42.5 Å². The number of carbonyl (C=O) groups excluding carboxylic acids is 1. The van der Waals surface area contributed by atoms with E-state index in [2.05, 4.69) is 27.9 Å². The van der Waals surface area contributed by atoms with Crippen LogP contribution in [0.5, 0.6) is 11.5 Å². The third kappa shape index (κ3) is 3.66. The van der Waals surface area contributed by atoms with Gasteiger partial charge in [0.05, 0.1) is 6.42 Å². The van der Waals surface area contributed by atoms with Crippen LogP contribution in [0.3, 0.4) is 0 Å². The maximum Gasteiger partial charge on any atom is 0.228 e. The van der Waals surface area contributed by atoms with Gasteiger partial charge in [-0.1, -0.05) is 6.07 Å². The number of halogens is 1. The molecule has 3 rings (SSSR count). The molecule has 0 saturated heterocycles. The fraction of sp³-hybridized carbons (Fsp3) is 0.188. The highest BCUT2D eigenvalue weighted by molar-refractivity contribution is 14.1. The number of ether oxygens (including phenoxy) is 2. The van der Waals surface area contributed by atoms with Crippen molar-refractivity contribution in [2.45, 2.75) is 6.42 Å². The Kier molecular flexibility index (Phi) is 4.28. The minimum atomic E-state index is -0.0483. The Hall–Kier alpha value is -1.76. The Morgan fingerprint density at radius 2 is 1.76 bits per heavy atom. The van der Waals surface area contributed by atoms with Crippen LogP contribution in [0, 0.1) is 3.57 Å². The Morgan fingerprint density at radius 1 is 1.05 bits per heavy atom. The first-order chi connectivity index (χ1) is 10.2. The van der Waals surface area contributed by atoms with Gasteiger partial charge in [0, 0.05) is 9.26 Å². The van der Waals surface area contributed by atoms with E-state index in [1.165, 1.54) is 0 Å². The maximum atomic E-state index is 12.0. The van der Waals surface area contributed by atoms with Crippen LogP contribution in [0.1, 0.15) is 5.56 Å². The average molecular weight is 395 g/mol. The summed E-state index contributed by atoms with van der Waals surface area (Å²) in [5.74, 6) is 1.40. The monoisotopic (exact) mass is 395 g/mol. The molecule has 0 aliphatic carbocycles. The zero-order chi connectivity index (χ0) is 14.7. The lowest BCUT2D eigenvalue weighted by Crippen LogP contribution is -2.17. The van der Waals surface area contributed by atoms with Crippen LogP contribution in [-0.4, -0.2) is 19.1 Å². The van der Waals surface area contributed by atoms with Crippen molar-refractivity contribution in [1.82, 2.24) is 0 Å². The molecule has 0 fully saturated rings. The minimum absolute atomic E-state index is 0.0483. The normalized spacial score (nSPS) is 12.8. The van der Waals surface area contributed by atoms with Crippen LogP contribution in [0.4, 0.5) is 5.69 Å². The molecule has 0 unspecified atom stereocenters. The second-order valence-corrected chi connectivity index (χ2v) is 5.96. The highest BCUT2D eigenvalue weighted by Gasteiger charge is 2.13. The summed E-state index contributed by atoms with van der Waals surface area (Å²) in [7, 11) is 0. The van der Waals surface area contributed by atoms with E-state index < -0.39 is 0 Å². The lowest BCUT2D eigenvalue weighted by molar-refractivity contribution is -0.115. The van der Waals surface area contributed by atoms with Crippen molar-refractivity contribution in [2.24, 2.45) is 0 Å². The molecule has 21 heavy (non-hydrogen) atoms. The summed E-state index contributed by atoms with van der Waals surface area (Å²) in [4.78, 5) is 12.0. The van der Waals surface area contributed by atoms with Gasteiger partial charge in [-0.3, -0.25) is 4.79 Å². The van der Waals surface area contributed by atoms with Crippen LogP contribution in [-0.2, 0) is 11.2 Å². The van der Waals surface area contributed by atoms with E-state index in [9.17, 15) is 4.79 Å². The zero-order valence-electron chi connectivity index (χ0n) is 11.3. The number of anilines is 1. The number of amides is 1. The first-order valence-electron chi connectivity index (χ1n) is 6.65. The SMILES string of the molecule is O=C(Cc1ccc2c(c1)OCCO2)Nc1ccc(I)cc1. The van der Waals surface area contributed by atoms with E-state index >= 15 is 0 Å². The number of fused-ring (bicyclic) bond motifs is 1. The third-order valence-electron chi connectivity index (χ3n) is 3.10. The maximum absolute atomic E-state index is 12.0. The molecule has 5 heteroatoms. The fourth-order valence-electron chi connectivity index (χ4n) is 2.12. The van der Waals surface area contributed by atoms with Crippen molar-refractivity contribution in [3.05, 3.63) is 51.6 Å². The van der Waals surface area contributed by atoms with Gasteiger partial charge in [-0.15, -0.1) is 0 Å². The molecule has 2 aromatic carbocycles. The number of carbonyl (C=O) groups is 1. The molecule has 1 amide bonds. The third-order valence-corrected chi connectivity index (χ3v) is 3.82. The smallest absolute Gasteiger partial charge is 0.228 e. The molecule has 0 bridgehead atoms. The van der Waals surface area contributed by atoms with Crippen molar-refractivity contribution in [2.75, 3.05) is 18.5 Å². The number of rotatable bonds is 3. The summed E-state index contributed by atoms with van der Waals surface area (Å²) in [6.07, 6.45) is 0.308. The molecule has 1 aliphatic heterocycles. The molecule has 1 aliphatic rings. The van der Waals surface area contributed by atoms with Gasteiger partial charge in [-0.2, -0.15) is 0 Å². The Labute approximate surface area is 136 Å². The molecule has 0 spiro atoms. The van der Waals surface area contributed by atoms with E-state index in [4.69, 9.17) is 9.47 Å². The fourth-order valence-corrected chi connectivity index (χ4v) is 2.48. The van der Waals surface area contributed by atoms with Crippen molar-refractivity contribution < 1.29 is 14.3 Å². The largest absolute Gasteiger partial charge is 0.486 e. The number of benzene rings is 2. The van der Waals surface area contributed by atoms with Gasteiger partial charge in [0.15, 0.2) is 11.5 Å². The molecule has 2 aromatic rings. The van der Waals surface area contributed by atoms with E-state index in [0.717, 1.165) is 20.6 Å². The van der Waals surface area contributed by atoms with Gasteiger partial charge in [0.2, 0.25) is 5.91 Å². The topological polar surface area (TPSA) is 47.6 Å². The molecule has 1 N–H and O–H groups in total. The van der Waals surface area contributed by atoms with E-state index in [-0.39, 0.29) is 5.91 Å². The minimum Gasteiger partial charge on any atom is -0.486 e. The lowest BCUT2D eigenvalue weighted by Gasteiger charge is -2.18. The standard InChI is InChI=1S/C16H14INO3/c17-12-2-4-13(5-3-12)18-16(19)10-11-1-6-14-15(9-11)21-8-7-20-14/h1-6,9H,7-8,10H2,(H,18,19). The van der Waals surface area contributed by atoms with Crippen molar-refractivity contribution in [3.63, 3.8) is 0 Å². The predicted octanol–water partition coefficient (Wildman–Crippen LogP) is 3.24. The Morgan fingerprint density at radius 3 is 2.52 bits per heavy atom. The van der Waals surface area contributed by atoms with Crippen molar-refractivity contribution >= 4 is 34.2 Å². The summed E-state index contributed by atoms with van der Waals surface area (Å²) >= 11 is 2.23. The quantitative estimate of drug-likeness (QED) is 0.812. The number of hydrogen-bond donors (Lipinski definition) is 1.